The maximum atomic E-state index is 13.5. The van der Waals surface area contributed by atoms with Crippen LogP contribution in [0.25, 0.3) is 28.0 Å². The monoisotopic (exact) mass is 522 g/mol. The summed E-state index contributed by atoms with van der Waals surface area (Å²) >= 11 is 1.33. The molecule has 35 heavy (non-hydrogen) atoms. The molecule has 0 saturated carbocycles. The maximum Gasteiger partial charge on any atom is 0.455 e. The van der Waals surface area contributed by atoms with Gasteiger partial charge in [-0.3, -0.25) is 14.6 Å². The van der Waals surface area contributed by atoms with Gasteiger partial charge in [-0.15, -0.1) is 11.8 Å². The summed E-state index contributed by atoms with van der Waals surface area (Å²) in [6.45, 7) is 0.146. The number of fused-ring (bicyclic) bond motifs is 1. The van der Waals surface area contributed by atoms with Gasteiger partial charge in [-0.25, -0.2) is 4.68 Å². The summed E-state index contributed by atoms with van der Waals surface area (Å²) in [6, 6.07) is 3.83. The number of alkyl halides is 8. The molecule has 4 heterocycles. The predicted molar refractivity (Wildman–Crippen MR) is 110 cm³/mol. The molecule has 0 aromatic carbocycles. The molecule has 0 unspecified atom stereocenters. The molecule has 4 rings (SSSR count). The summed E-state index contributed by atoms with van der Waals surface area (Å²) in [7, 11) is 0. The third-order valence-electron chi connectivity index (χ3n) is 4.82. The van der Waals surface area contributed by atoms with Gasteiger partial charge in [0.05, 0.1) is 35.5 Å². The normalized spacial score (nSPS) is 13.1. The number of halogens is 8. The van der Waals surface area contributed by atoms with Crippen LogP contribution in [0.2, 0.25) is 0 Å². The Labute approximate surface area is 196 Å². The number of aromatic nitrogens is 6. The Morgan fingerprint density at radius 3 is 2.31 bits per heavy atom. The predicted octanol–water partition coefficient (Wildman–Crippen LogP) is 6.01. The van der Waals surface area contributed by atoms with Crippen molar-refractivity contribution in [2.45, 2.75) is 36.6 Å². The highest BCUT2D eigenvalue weighted by molar-refractivity contribution is 7.99. The molecule has 0 radical (unpaired) electrons. The maximum absolute atomic E-state index is 13.5. The van der Waals surface area contributed by atoms with Gasteiger partial charge in [0.2, 0.25) is 0 Å². The Hall–Kier alpha value is -3.23. The SMILES string of the molecule is CCSc1cc(-n2ccc(C(F)(F)F)n2)cnc1-c1cc2cnn(CC(F)(F)C(F)(F)F)c2cn1. The Bertz CT molecular complexity index is 1360. The molecule has 4 aromatic heterocycles. The number of hydrogen-bond donors (Lipinski definition) is 0. The van der Waals surface area contributed by atoms with E-state index in [-0.39, 0.29) is 22.3 Å². The van der Waals surface area contributed by atoms with Crippen molar-refractivity contribution in [3.8, 4) is 17.1 Å². The minimum atomic E-state index is -5.73. The summed E-state index contributed by atoms with van der Waals surface area (Å²) in [5.41, 5.74) is -0.206. The lowest BCUT2D eigenvalue weighted by molar-refractivity contribution is -0.287. The van der Waals surface area contributed by atoms with Gasteiger partial charge in [-0.1, -0.05) is 6.92 Å². The van der Waals surface area contributed by atoms with Crippen molar-refractivity contribution in [2.24, 2.45) is 0 Å². The van der Waals surface area contributed by atoms with Crippen LogP contribution in [0.15, 0.2) is 47.9 Å². The minimum Gasteiger partial charge on any atom is -0.257 e. The Morgan fingerprint density at radius 1 is 0.943 bits per heavy atom. The van der Waals surface area contributed by atoms with E-state index < -0.39 is 30.5 Å². The summed E-state index contributed by atoms with van der Waals surface area (Å²) < 4.78 is 105. The molecule has 0 amide bonds. The van der Waals surface area contributed by atoms with Crippen LogP contribution in [0.3, 0.4) is 0 Å². The summed E-state index contributed by atoms with van der Waals surface area (Å²) in [5.74, 6) is -4.40. The van der Waals surface area contributed by atoms with Gasteiger partial charge in [0.25, 0.3) is 0 Å². The first kappa shape index (κ1) is 24.9. The molecule has 0 aliphatic rings. The third kappa shape index (κ3) is 4.94. The van der Waals surface area contributed by atoms with Crippen molar-refractivity contribution < 1.29 is 35.1 Å². The van der Waals surface area contributed by atoms with Crippen molar-refractivity contribution in [3.05, 3.63) is 48.7 Å². The van der Waals surface area contributed by atoms with E-state index in [9.17, 15) is 35.1 Å². The molecular formula is C20H14F8N6S. The zero-order chi connectivity index (χ0) is 25.6. The summed E-state index contributed by atoms with van der Waals surface area (Å²) in [5, 5.41) is 7.41. The van der Waals surface area contributed by atoms with Gasteiger partial charge in [0, 0.05) is 16.5 Å². The van der Waals surface area contributed by atoms with Crippen molar-refractivity contribution in [1.29, 1.82) is 0 Å². The zero-order valence-electron chi connectivity index (χ0n) is 17.6. The molecule has 4 aromatic rings. The van der Waals surface area contributed by atoms with Gasteiger partial charge in [0.1, 0.15) is 12.2 Å². The van der Waals surface area contributed by atoms with Crippen LogP contribution in [-0.4, -0.2) is 47.4 Å². The van der Waals surface area contributed by atoms with E-state index in [4.69, 9.17) is 0 Å². The fraction of sp³-hybridized carbons (Fsp3) is 0.300. The lowest BCUT2D eigenvalue weighted by atomic mass is 10.2. The number of pyridine rings is 2. The quantitative estimate of drug-likeness (QED) is 0.229. The number of nitrogens with zero attached hydrogens (tertiary/aromatic N) is 6. The lowest BCUT2D eigenvalue weighted by Crippen LogP contribution is -2.40. The van der Waals surface area contributed by atoms with Crippen molar-refractivity contribution in [1.82, 2.24) is 29.5 Å². The Kier molecular flexibility index (Phi) is 6.23. The number of hydrogen-bond acceptors (Lipinski definition) is 5. The molecule has 6 nitrogen and oxygen atoms in total. The summed E-state index contributed by atoms with van der Waals surface area (Å²) in [4.78, 5) is 9.00. The highest BCUT2D eigenvalue weighted by atomic mass is 32.2. The lowest BCUT2D eigenvalue weighted by Gasteiger charge is -2.19. The van der Waals surface area contributed by atoms with E-state index in [0.29, 0.717) is 21.0 Å². The minimum absolute atomic E-state index is 0.0322. The topological polar surface area (TPSA) is 61.4 Å². The molecule has 186 valence electrons. The first-order valence-corrected chi connectivity index (χ1v) is 10.8. The molecule has 0 spiro atoms. The van der Waals surface area contributed by atoms with Gasteiger partial charge in [0.15, 0.2) is 5.69 Å². The molecule has 0 atom stereocenters. The van der Waals surface area contributed by atoms with Gasteiger partial charge >= 0.3 is 18.3 Å². The number of rotatable bonds is 6. The first-order valence-electron chi connectivity index (χ1n) is 9.83. The van der Waals surface area contributed by atoms with Crippen LogP contribution < -0.4 is 0 Å². The molecular weight excluding hydrogens is 508 g/mol. The largest absolute Gasteiger partial charge is 0.455 e. The van der Waals surface area contributed by atoms with Crippen LogP contribution in [0.4, 0.5) is 35.1 Å². The fourth-order valence-electron chi connectivity index (χ4n) is 3.15. The highest BCUT2D eigenvalue weighted by Gasteiger charge is 2.57. The first-order chi connectivity index (χ1) is 16.3. The second-order valence-corrected chi connectivity index (χ2v) is 8.56. The molecule has 0 aliphatic carbocycles. The average molecular weight is 522 g/mol. The van der Waals surface area contributed by atoms with Crippen LogP contribution in [0, 0.1) is 0 Å². The van der Waals surface area contributed by atoms with Crippen LogP contribution in [-0.2, 0) is 12.7 Å². The third-order valence-corrected chi connectivity index (χ3v) is 5.73. The standard InChI is InChI=1S/C20H14F8N6S/c1-2-35-15-6-12(33-4-3-16(32-33)19(23,24)25)8-30-17(15)13-5-11-7-31-34(14(11)9-29-13)10-18(21,22)20(26,27)28/h3-9H,2,10H2,1H3. The molecule has 0 N–H and O–H groups in total. The van der Waals surface area contributed by atoms with E-state index in [1.807, 2.05) is 6.92 Å². The molecule has 15 heteroatoms. The van der Waals surface area contributed by atoms with E-state index in [0.717, 1.165) is 29.3 Å². The second kappa shape index (κ2) is 8.77. The number of thioether (sulfide) groups is 1. The van der Waals surface area contributed by atoms with Crippen LogP contribution in [0.5, 0.6) is 0 Å². The van der Waals surface area contributed by atoms with Crippen LogP contribution in [0.1, 0.15) is 12.6 Å². The fourth-order valence-corrected chi connectivity index (χ4v) is 3.96. The van der Waals surface area contributed by atoms with Crippen molar-refractivity contribution >= 4 is 22.7 Å². The van der Waals surface area contributed by atoms with Crippen molar-refractivity contribution in [2.75, 3.05) is 5.75 Å². The van der Waals surface area contributed by atoms with Crippen LogP contribution >= 0.6 is 11.8 Å². The molecule has 0 aliphatic heterocycles. The smallest absolute Gasteiger partial charge is 0.257 e. The molecule has 0 saturated heterocycles. The van der Waals surface area contributed by atoms with E-state index in [1.165, 1.54) is 24.0 Å². The Balaban J connectivity index is 1.69. The van der Waals surface area contributed by atoms with Gasteiger partial charge < -0.3 is 0 Å². The average Bonchev–Trinajstić information content (AvgIpc) is 3.40. The highest BCUT2D eigenvalue weighted by Crippen LogP contribution is 2.37. The van der Waals surface area contributed by atoms with Gasteiger partial charge in [-0.2, -0.15) is 45.3 Å². The second-order valence-electron chi connectivity index (χ2n) is 7.25. The zero-order valence-corrected chi connectivity index (χ0v) is 18.4. The van der Waals surface area contributed by atoms with E-state index in [1.54, 1.807) is 6.07 Å². The Morgan fingerprint density at radius 2 is 1.69 bits per heavy atom. The van der Waals surface area contributed by atoms with Crippen molar-refractivity contribution in [3.63, 3.8) is 0 Å². The van der Waals surface area contributed by atoms with Gasteiger partial charge in [-0.05, 0) is 24.0 Å². The van der Waals surface area contributed by atoms with E-state index in [2.05, 4.69) is 20.2 Å². The molecule has 0 bridgehead atoms. The molecule has 0 fully saturated rings. The summed E-state index contributed by atoms with van der Waals surface area (Å²) in [6.07, 6.45) is -5.64. The van der Waals surface area contributed by atoms with E-state index >= 15 is 0 Å².